The van der Waals surface area contributed by atoms with Crippen LogP contribution in [0.2, 0.25) is 0 Å². The highest BCUT2D eigenvalue weighted by Gasteiger charge is 2.20. The van der Waals surface area contributed by atoms with Gasteiger partial charge in [0, 0.05) is 5.92 Å². The van der Waals surface area contributed by atoms with Crippen LogP contribution in [-0.2, 0) is 9.59 Å². The molecule has 0 aliphatic rings. The van der Waals surface area contributed by atoms with Crippen LogP contribution in [0, 0.1) is 11.8 Å². The molecule has 0 aromatic rings. The molecule has 4 heteroatoms. The van der Waals surface area contributed by atoms with Crippen LogP contribution in [0.3, 0.4) is 0 Å². The van der Waals surface area contributed by atoms with Crippen molar-refractivity contribution in [2.75, 3.05) is 0 Å². The Kier molecular flexibility index (Phi) is 5.20. The summed E-state index contributed by atoms with van der Waals surface area (Å²) in [6, 6.07) is -0.537. The molecule has 0 aliphatic carbocycles. The summed E-state index contributed by atoms with van der Waals surface area (Å²) in [6.45, 7) is 7.53. The topological polar surface area (TPSA) is 72.2 Å². The molecule has 2 amide bonds. The standard InChI is InChI=1S/C10H20N2O2/c1-6(2)5-8(9(11)13)12-10(14)7(3)4/h6-8H,5H2,1-4H3,(H2,11,13)(H,12,14)/t8-/m1/s1. The van der Waals surface area contributed by atoms with Gasteiger partial charge in [-0.25, -0.2) is 0 Å². The Balaban J connectivity index is 4.23. The highest BCUT2D eigenvalue weighted by atomic mass is 16.2. The lowest BCUT2D eigenvalue weighted by atomic mass is 10.0. The molecule has 0 saturated carbocycles. The number of primary amides is 1. The van der Waals surface area contributed by atoms with E-state index in [0.29, 0.717) is 12.3 Å². The maximum Gasteiger partial charge on any atom is 0.240 e. The molecule has 0 aromatic carbocycles. The van der Waals surface area contributed by atoms with Crippen LogP contribution in [0.25, 0.3) is 0 Å². The Morgan fingerprint density at radius 2 is 1.71 bits per heavy atom. The van der Waals surface area contributed by atoms with E-state index in [9.17, 15) is 9.59 Å². The maximum atomic E-state index is 11.3. The Bertz CT molecular complexity index is 212. The predicted molar refractivity (Wildman–Crippen MR) is 55.4 cm³/mol. The number of amides is 2. The van der Waals surface area contributed by atoms with Gasteiger partial charge in [0.15, 0.2) is 0 Å². The number of hydrogen-bond donors (Lipinski definition) is 2. The molecule has 0 spiro atoms. The predicted octanol–water partition coefficient (Wildman–Crippen LogP) is 0.659. The largest absolute Gasteiger partial charge is 0.368 e. The number of carbonyl (C=O) groups is 2. The highest BCUT2D eigenvalue weighted by Crippen LogP contribution is 2.05. The van der Waals surface area contributed by atoms with Crippen LogP contribution >= 0.6 is 0 Å². The van der Waals surface area contributed by atoms with Gasteiger partial charge >= 0.3 is 0 Å². The summed E-state index contributed by atoms with van der Waals surface area (Å²) >= 11 is 0. The molecule has 1 atom stereocenters. The maximum absolute atomic E-state index is 11.3. The van der Waals surface area contributed by atoms with Gasteiger partial charge in [0.25, 0.3) is 0 Å². The second-order valence-corrected chi connectivity index (χ2v) is 4.25. The first-order chi connectivity index (χ1) is 6.34. The van der Waals surface area contributed by atoms with Gasteiger partial charge in [0.2, 0.25) is 11.8 Å². The Morgan fingerprint density at radius 1 is 1.21 bits per heavy atom. The minimum atomic E-state index is -0.537. The van der Waals surface area contributed by atoms with Crippen molar-refractivity contribution < 1.29 is 9.59 Å². The molecule has 4 nitrogen and oxygen atoms in total. The number of nitrogens with two attached hydrogens (primary N) is 1. The lowest BCUT2D eigenvalue weighted by Crippen LogP contribution is -2.46. The quantitative estimate of drug-likeness (QED) is 0.684. The monoisotopic (exact) mass is 200 g/mol. The highest BCUT2D eigenvalue weighted by molar-refractivity contribution is 5.87. The minimum absolute atomic E-state index is 0.121. The molecule has 14 heavy (non-hydrogen) atoms. The molecule has 0 bridgehead atoms. The second kappa shape index (κ2) is 5.62. The normalized spacial score (nSPS) is 13.0. The second-order valence-electron chi connectivity index (χ2n) is 4.25. The molecular formula is C10H20N2O2. The van der Waals surface area contributed by atoms with E-state index in [2.05, 4.69) is 5.32 Å². The van der Waals surface area contributed by atoms with Crippen LogP contribution in [0.4, 0.5) is 0 Å². The molecule has 0 unspecified atom stereocenters. The van der Waals surface area contributed by atoms with Gasteiger partial charge in [-0.1, -0.05) is 27.7 Å². The Morgan fingerprint density at radius 3 is 2.00 bits per heavy atom. The molecule has 0 radical (unpaired) electrons. The fourth-order valence-electron chi connectivity index (χ4n) is 1.06. The smallest absolute Gasteiger partial charge is 0.240 e. The summed E-state index contributed by atoms with van der Waals surface area (Å²) in [4.78, 5) is 22.3. The fourth-order valence-corrected chi connectivity index (χ4v) is 1.06. The molecule has 0 rings (SSSR count). The van der Waals surface area contributed by atoms with E-state index in [0.717, 1.165) is 0 Å². The summed E-state index contributed by atoms with van der Waals surface area (Å²) in [7, 11) is 0. The first-order valence-electron chi connectivity index (χ1n) is 4.94. The van der Waals surface area contributed by atoms with Crippen molar-refractivity contribution in [2.45, 2.75) is 40.2 Å². The van der Waals surface area contributed by atoms with E-state index >= 15 is 0 Å². The SMILES string of the molecule is CC(C)C[C@@H](NC(=O)C(C)C)C(N)=O. The summed E-state index contributed by atoms with van der Waals surface area (Å²) < 4.78 is 0. The lowest BCUT2D eigenvalue weighted by molar-refractivity contribution is -0.129. The molecule has 0 heterocycles. The van der Waals surface area contributed by atoms with Crippen molar-refractivity contribution in [3.05, 3.63) is 0 Å². The molecule has 82 valence electrons. The average molecular weight is 200 g/mol. The van der Waals surface area contributed by atoms with Crippen LogP contribution in [0.15, 0.2) is 0 Å². The van der Waals surface area contributed by atoms with Crippen molar-refractivity contribution in [2.24, 2.45) is 17.6 Å². The van der Waals surface area contributed by atoms with Crippen molar-refractivity contribution in [1.82, 2.24) is 5.32 Å². The molecule has 0 fully saturated rings. The van der Waals surface area contributed by atoms with Crippen LogP contribution in [-0.4, -0.2) is 17.9 Å². The van der Waals surface area contributed by atoms with Gasteiger partial charge in [0.1, 0.15) is 6.04 Å². The molecule has 3 N–H and O–H groups in total. The van der Waals surface area contributed by atoms with Crippen molar-refractivity contribution >= 4 is 11.8 Å². The average Bonchev–Trinajstić information content (AvgIpc) is 2.01. The van der Waals surface area contributed by atoms with E-state index < -0.39 is 11.9 Å². The Hall–Kier alpha value is -1.06. The zero-order valence-corrected chi connectivity index (χ0v) is 9.33. The third-order valence-corrected chi connectivity index (χ3v) is 1.89. The number of carbonyl (C=O) groups excluding carboxylic acids is 2. The van der Waals surface area contributed by atoms with Crippen molar-refractivity contribution in [3.63, 3.8) is 0 Å². The third kappa shape index (κ3) is 4.84. The van der Waals surface area contributed by atoms with E-state index in [1.54, 1.807) is 13.8 Å². The first-order valence-corrected chi connectivity index (χ1v) is 4.94. The van der Waals surface area contributed by atoms with Gasteiger partial charge in [-0.15, -0.1) is 0 Å². The Labute approximate surface area is 85.2 Å². The molecule has 0 aliphatic heterocycles. The van der Waals surface area contributed by atoms with Gasteiger partial charge in [-0.3, -0.25) is 9.59 Å². The number of nitrogens with one attached hydrogen (secondary N) is 1. The first kappa shape index (κ1) is 12.9. The minimum Gasteiger partial charge on any atom is -0.368 e. The van der Waals surface area contributed by atoms with Gasteiger partial charge in [0.05, 0.1) is 0 Å². The molecule has 0 aromatic heterocycles. The van der Waals surface area contributed by atoms with Gasteiger partial charge in [-0.2, -0.15) is 0 Å². The summed E-state index contributed by atoms with van der Waals surface area (Å²) in [6.07, 6.45) is 0.591. The summed E-state index contributed by atoms with van der Waals surface area (Å²) in [5, 5.41) is 2.63. The summed E-state index contributed by atoms with van der Waals surface area (Å²) in [5.74, 6) is -0.383. The zero-order chi connectivity index (χ0) is 11.3. The van der Waals surface area contributed by atoms with Crippen molar-refractivity contribution in [1.29, 1.82) is 0 Å². The van der Waals surface area contributed by atoms with E-state index in [-0.39, 0.29) is 11.8 Å². The van der Waals surface area contributed by atoms with Crippen LogP contribution in [0.1, 0.15) is 34.1 Å². The third-order valence-electron chi connectivity index (χ3n) is 1.89. The van der Waals surface area contributed by atoms with Crippen molar-refractivity contribution in [3.8, 4) is 0 Å². The zero-order valence-electron chi connectivity index (χ0n) is 9.33. The van der Waals surface area contributed by atoms with E-state index in [4.69, 9.17) is 5.73 Å². The number of rotatable bonds is 5. The van der Waals surface area contributed by atoms with Gasteiger partial charge < -0.3 is 11.1 Å². The van der Waals surface area contributed by atoms with E-state index in [1.807, 2.05) is 13.8 Å². The molecular weight excluding hydrogens is 180 g/mol. The number of hydrogen-bond acceptors (Lipinski definition) is 2. The van der Waals surface area contributed by atoms with Crippen LogP contribution in [0.5, 0.6) is 0 Å². The van der Waals surface area contributed by atoms with E-state index in [1.165, 1.54) is 0 Å². The van der Waals surface area contributed by atoms with Crippen LogP contribution < -0.4 is 11.1 Å². The summed E-state index contributed by atoms with van der Waals surface area (Å²) in [5.41, 5.74) is 5.18. The lowest BCUT2D eigenvalue weighted by Gasteiger charge is -2.18. The molecule has 0 saturated heterocycles. The fraction of sp³-hybridized carbons (Fsp3) is 0.800. The van der Waals surface area contributed by atoms with Gasteiger partial charge in [-0.05, 0) is 12.3 Å².